The fraction of sp³-hybridized carbons (Fsp3) is 0.708. The summed E-state index contributed by atoms with van der Waals surface area (Å²) in [5.41, 5.74) is 3.25. The molecule has 0 aromatic heterocycles. The topological polar surface area (TPSA) is 54.9 Å². The maximum atomic E-state index is 5.70. The van der Waals surface area contributed by atoms with Gasteiger partial charge in [-0.2, -0.15) is 0 Å². The molecule has 1 heterocycles. The Morgan fingerprint density at radius 1 is 1.07 bits per heavy atom. The summed E-state index contributed by atoms with van der Waals surface area (Å²) in [6, 6.07) is 8.79. The van der Waals surface area contributed by atoms with Gasteiger partial charge in [0.25, 0.3) is 0 Å². The summed E-state index contributed by atoms with van der Waals surface area (Å²) in [7, 11) is 3.67. The van der Waals surface area contributed by atoms with Crippen molar-refractivity contribution in [3.63, 3.8) is 0 Å². The zero-order valence-electron chi connectivity index (χ0n) is 18.6. The van der Waals surface area contributed by atoms with Gasteiger partial charge in [-0.25, -0.2) is 0 Å². The second kappa shape index (κ2) is 10.4. The van der Waals surface area contributed by atoms with Gasteiger partial charge >= 0.3 is 0 Å². The van der Waals surface area contributed by atoms with E-state index in [9.17, 15) is 0 Å². The monoisotopic (exact) mass is 401 g/mol. The van der Waals surface area contributed by atoms with Crippen LogP contribution < -0.4 is 10.6 Å². The van der Waals surface area contributed by atoms with Crippen molar-refractivity contribution < 1.29 is 9.47 Å². The van der Waals surface area contributed by atoms with Gasteiger partial charge in [0.05, 0.1) is 0 Å². The third kappa shape index (κ3) is 5.52. The molecule has 0 atom stereocenters. The summed E-state index contributed by atoms with van der Waals surface area (Å²) in [5.74, 6) is 0.910. The van der Waals surface area contributed by atoms with Crippen LogP contribution >= 0.6 is 0 Å². The van der Waals surface area contributed by atoms with E-state index in [1.54, 1.807) is 7.11 Å². The van der Waals surface area contributed by atoms with Crippen molar-refractivity contribution in [3.05, 3.63) is 35.4 Å². The average Bonchev–Trinajstić information content (AvgIpc) is 3.22. The van der Waals surface area contributed by atoms with E-state index in [2.05, 4.69) is 46.8 Å². The van der Waals surface area contributed by atoms with E-state index >= 15 is 0 Å². The Bertz CT molecular complexity index is 662. The number of ether oxygens (including phenoxy) is 2. The van der Waals surface area contributed by atoms with E-state index in [1.165, 1.54) is 36.8 Å². The average molecular weight is 402 g/mol. The quantitative estimate of drug-likeness (QED) is 0.514. The Labute approximate surface area is 176 Å². The number of hydrogen-bond acceptors (Lipinski definition) is 3. The third-order valence-corrected chi connectivity index (χ3v) is 7.12. The predicted molar refractivity (Wildman–Crippen MR) is 120 cm³/mol. The summed E-state index contributed by atoms with van der Waals surface area (Å²) in [6.07, 6.45) is 8.43. The summed E-state index contributed by atoms with van der Waals surface area (Å²) < 4.78 is 11.1. The molecule has 2 N–H and O–H groups in total. The van der Waals surface area contributed by atoms with Gasteiger partial charge in [-0.05, 0) is 55.6 Å². The molecule has 1 saturated heterocycles. The Balaban J connectivity index is 1.64. The van der Waals surface area contributed by atoms with Crippen LogP contribution in [0.25, 0.3) is 0 Å². The second-order valence-corrected chi connectivity index (χ2v) is 8.94. The van der Waals surface area contributed by atoms with Gasteiger partial charge in [-0.1, -0.05) is 37.1 Å². The SMILES string of the molecule is CN=C(NCC1(CCOC)CCCC1)NCC1(c2ccccc2C)CCOCC1. The fourth-order valence-electron chi connectivity index (χ4n) is 5.17. The molecule has 1 saturated carbocycles. The van der Waals surface area contributed by atoms with E-state index in [1.807, 2.05) is 7.05 Å². The van der Waals surface area contributed by atoms with Crippen LogP contribution in [0.3, 0.4) is 0 Å². The van der Waals surface area contributed by atoms with Crippen LogP contribution in [0.4, 0.5) is 0 Å². The van der Waals surface area contributed by atoms with Crippen LogP contribution in [0.15, 0.2) is 29.3 Å². The van der Waals surface area contributed by atoms with Crippen molar-refractivity contribution in [2.75, 3.05) is 47.1 Å². The molecular formula is C24H39N3O2. The lowest BCUT2D eigenvalue weighted by molar-refractivity contribution is 0.0511. The lowest BCUT2D eigenvalue weighted by Gasteiger charge is -2.39. The smallest absolute Gasteiger partial charge is 0.191 e. The summed E-state index contributed by atoms with van der Waals surface area (Å²) in [4.78, 5) is 4.52. The number of nitrogens with zero attached hydrogens (tertiary/aromatic N) is 1. The molecule has 29 heavy (non-hydrogen) atoms. The normalized spacial score (nSPS) is 21.1. The molecule has 5 nitrogen and oxygen atoms in total. The molecule has 0 unspecified atom stereocenters. The molecule has 5 heteroatoms. The van der Waals surface area contributed by atoms with E-state index < -0.39 is 0 Å². The Morgan fingerprint density at radius 2 is 1.76 bits per heavy atom. The highest BCUT2D eigenvalue weighted by atomic mass is 16.5. The zero-order chi connectivity index (χ0) is 20.6. The first-order chi connectivity index (χ1) is 14.1. The van der Waals surface area contributed by atoms with Gasteiger partial charge in [0.15, 0.2) is 5.96 Å². The Morgan fingerprint density at radius 3 is 2.41 bits per heavy atom. The van der Waals surface area contributed by atoms with Gasteiger partial charge in [0, 0.05) is 52.5 Å². The standard InChI is InChI=1S/C24H39N3O2/c1-20-8-4-5-9-21(20)24(13-16-29-17-14-24)19-27-22(25-2)26-18-23(12-15-28-3)10-6-7-11-23/h4-5,8-9H,6-7,10-19H2,1-3H3,(H2,25,26,27). The zero-order valence-corrected chi connectivity index (χ0v) is 18.6. The summed E-state index contributed by atoms with van der Waals surface area (Å²) in [6.45, 7) is 6.55. The molecule has 1 aromatic carbocycles. The van der Waals surface area contributed by atoms with E-state index in [-0.39, 0.29) is 5.41 Å². The van der Waals surface area contributed by atoms with Crippen molar-refractivity contribution >= 4 is 5.96 Å². The molecule has 162 valence electrons. The first-order valence-corrected chi connectivity index (χ1v) is 11.2. The lowest BCUT2D eigenvalue weighted by Crippen LogP contribution is -2.50. The number of rotatable bonds is 8. The van der Waals surface area contributed by atoms with Gasteiger partial charge in [0.1, 0.15) is 0 Å². The lowest BCUT2D eigenvalue weighted by atomic mass is 9.72. The number of aryl methyl sites for hydroxylation is 1. The molecular weight excluding hydrogens is 362 g/mol. The van der Waals surface area contributed by atoms with Gasteiger partial charge in [-0.15, -0.1) is 0 Å². The molecule has 2 aliphatic rings. The molecule has 0 amide bonds. The van der Waals surface area contributed by atoms with Crippen molar-refractivity contribution in [3.8, 4) is 0 Å². The number of aliphatic imine (C=N–C) groups is 1. The molecule has 1 aromatic rings. The highest BCUT2D eigenvalue weighted by Crippen LogP contribution is 2.40. The van der Waals surface area contributed by atoms with Gasteiger partial charge < -0.3 is 20.1 Å². The molecule has 0 radical (unpaired) electrons. The van der Waals surface area contributed by atoms with Crippen LogP contribution in [0.1, 0.15) is 56.1 Å². The van der Waals surface area contributed by atoms with Gasteiger partial charge in [0.2, 0.25) is 0 Å². The largest absolute Gasteiger partial charge is 0.385 e. The van der Waals surface area contributed by atoms with Crippen molar-refractivity contribution in [2.24, 2.45) is 10.4 Å². The number of nitrogens with one attached hydrogen (secondary N) is 2. The van der Waals surface area contributed by atoms with Crippen molar-refractivity contribution in [1.82, 2.24) is 10.6 Å². The molecule has 3 rings (SSSR count). The van der Waals surface area contributed by atoms with E-state index in [4.69, 9.17) is 9.47 Å². The molecule has 0 spiro atoms. The van der Waals surface area contributed by atoms with Crippen LogP contribution in [0.2, 0.25) is 0 Å². The van der Waals surface area contributed by atoms with Crippen LogP contribution in [0, 0.1) is 12.3 Å². The Kier molecular flexibility index (Phi) is 7.96. The molecule has 1 aliphatic carbocycles. The number of guanidine groups is 1. The van der Waals surface area contributed by atoms with E-state index in [0.29, 0.717) is 5.41 Å². The molecule has 1 aliphatic heterocycles. The minimum absolute atomic E-state index is 0.0995. The van der Waals surface area contributed by atoms with E-state index in [0.717, 1.165) is 58.1 Å². The maximum absolute atomic E-state index is 5.70. The van der Waals surface area contributed by atoms with Crippen molar-refractivity contribution in [2.45, 2.75) is 57.3 Å². The number of methoxy groups -OCH3 is 1. The second-order valence-electron chi connectivity index (χ2n) is 8.94. The third-order valence-electron chi connectivity index (χ3n) is 7.12. The number of benzene rings is 1. The number of hydrogen-bond donors (Lipinski definition) is 2. The summed E-state index contributed by atoms with van der Waals surface area (Å²) in [5, 5.41) is 7.29. The Hall–Kier alpha value is -1.59. The maximum Gasteiger partial charge on any atom is 0.191 e. The molecule has 0 bridgehead atoms. The highest BCUT2D eigenvalue weighted by molar-refractivity contribution is 5.79. The first-order valence-electron chi connectivity index (χ1n) is 11.2. The highest BCUT2D eigenvalue weighted by Gasteiger charge is 2.36. The van der Waals surface area contributed by atoms with Crippen LogP contribution in [-0.2, 0) is 14.9 Å². The van der Waals surface area contributed by atoms with Crippen LogP contribution in [0.5, 0.6) is 0 Å². The predicted octanol–water partition coefficient (Wildman–Crippen LogP) is 3.81. The van der Waals surface area contributed by atoms with Crippen LogP contribution in [-0.4, -0.2) is 53.0 Å². The minimum atomic E-state index is 0.0995. The minimum Gasteiger partial charge on any atom is -0.385 e. The summed E-state index contributed by atoms with van der Waals surface area (Å²) >= 11 is 0. The van der Waals surface area contributed by atoms with Crippen molar-refractivity contribution in [1.29, 1.82) is 0 Å². The van der Waals surface area contributed by atoms with Gasteiger partial charge in [-0.3, -0.25) is 4.99 Å². The molecule has 2 fully saturated rings. The fourth-order valence-corrected chi connectivity index (χ4v) is 5.17. The first kappa shape index (κ1) is 22.1.